The Morgan fingerprint density at radius 1 is 1.55 bits per heavy atom. The van der Waals surface area contributed by atoms with Crippen molar-refractivity contribution in [1.29, 1.82) is 0 Å². The molecule has 8 nitrogen and oxygen atoms in total. The average Bonchev–Trinajstić information content (AvgIpc) is 2.70. The predicted octanol–water partition coefficient (Wildman–Crippen LogP) is -0.146. The van der Waals surface area contributed by atoms with E-state index in [1.807, 2.05) is 0 Å². The van der Waals surface area contributed by atoms with Crippen molar-refractivity contribution in [3.63, 3.8) is 0 Å². The zero-order chi connectivity index (χ0) is 15.1. The number of aliphatic carboxylic acids is 1. The minimum atomic E-state index is -3.90. The van der Waals surface area contributed by atoms with Gasteiger partial charge < -0.3 is 10.1 Å². The topological polar surface area (TPSA) is 115 Å². The zero-order valence-electron chi connectivity index (χ0n) is 11.5. The van der Waals surface area contributed by atoms with Crippen LogP contribution in [-0.2, 0) is 28.0 Å². The van der Waals surface area contributed by atoms with E-state index < -0.39 is 27.8 Å². The second-order valence-electron chi connectivity index (χ2n) is 5.79. The number of aromatic nitrogens is 2. The second-order valence-corrected chi connectivity index (χ2v) is 7.41. The third kappa shape index (κ3) is 3.00. The molecule has 1 aromatic rings. The van der Waals surface area contributed by atoms with Gasteiger partial charge in [-0.25, -0.2) is 4.98 Å². The molecule has 3 N–H and O–H groups in total. The van der Waals surface area contributed by atoms with E-state index in [2.05, 4.69) is 14.7 Å². The summed E-state index contributed by atoms with van der Waals surface area (Å²) < 4.78 is 28.2. The number of carbonyl (C=O) groups is 1. The van der Waals surface area contributed by atoms with Gasteiger partial charge in [0, 0.05) is 12.0 Å². The van der Waals surface area contributed by atoms with Crippen molar-refractivity contribution < 1.29 is 18.3 Å². The van der Waals surface area contributed by atoms with Gasteiger partial charge in [0.25, 0.3) is 10.2 Å². The monoisotopic (exact) mass is 302 g/mol. The summed E-state index contributed by atoms with van der Waals surface area (Å²) in [5.41, 5.74) is 0.539. The van der Waals surface area contributed by atoms with E-state index in [4.69, 9.17) is 0 Å². The van der Waals surface area contributed by atoms with E-state index in [1.54, 1.807) is 20.8 Å². The Morgan fingerprint density at radius 2 is 2.20 bits per heavy atom. The summed E-state index contributed by atoms with van der Waals surface area (Å²) in [6.07, 6.45) is 1.50. The smallest absolute Gasteiger partial charge is 0.322 e. The number of hydrogen-bond acceptors (Lipinski definition) is 4. The van der Waals surface area contributed by atoms with Gasteiger partial charge in [-0.1, -0.05) is 0 Å². The zero-order valence-corrected chi connectivity index (χ0v) is 12.4. The van der Waals surface area contributed by atoms with Crippen molar-refractivity contribution in [3.05, 3.63) is 17.7 Å². The molecular formula is C11H18N4O4S. The van der Waals surface area contributed by atoms with Crippen molar-refractivity contribution in [1.82, 2.24) is 19.0 Å². The summed E-state index contributed by atoms with van der Waals surface area (Å²) in [7, 11) is -3.90. The van der Waals surface area contributed by atoms with E-state index in [9.17, 15) is 18.3 Å². The van der Waals surface area contributed by atoms with Crippen LogP contribution in [0.4, 0.5) is 0 Å². The minimum Gasteiger partial charge on any atom is -0.480 e. The number of rotatable bonds is 3. The van der Waals surface area contributed by atoms with Gasteiger partial charge in [0.15, 0.2) is 0 Å². The molecular weight excluding hydrogens is 284 g/mol. The number of carboxylic acids is 1. The van der Waals surface area contributed by atoms with E-state index in [0.717, 1.165) is 4.31 Å². The Kier molecular flexibility index (Phi) is 3.61. The molecule has 0 aliphatic carbocycles. The number of fused-ring (bicyclic) bond motifs is 1. The van der Waals surface area contributed by atoms with Gasteiger partial charge in [-0.2, -0.15) is 17.4 Å². The number of nitrogens with zero attached hydrogens (tertiary/aromatic N) is 2. The number of hydrogen-bond donors (Lipinski definition) is 3. The lowest BCUT2D eigenvalue weighted by atomic mass is 10.1. The molecule has 0 radical (unpaired) electrons. The lowest BCUT2D eigenvalue weighted by molar-refractivity contribution is -0.141. The van der Waals surface area contributed by atoms with Crippen molar-refractivity contribution in [2.75, 3.05) is 0 Å². The third-order valence-electron chi connectivity index (χ3n) is 2.88. The molecule has 0 saturated heterocycles. The molecule has 112 valence electrons. The summed E-state index contributed by atoms with van der Waals surface area (Å²) in [5, 5.41) is 9.26. The van der Waals surface area contributed by atoms with Crippen LogP contribution < -0.4 is 4.72 Å². The van der Waals surface area contributed by atoms with Crippen LogP contribution in [0.25, 0.3) is 0 Å². The Bertz CT molecular complexity index is 617. The molecule has 2 heterocycles. The van der Waals surface area contributed by atoms with Crippen LogP contribution in [0.1, 0.15) is 32.2 Å². The van der Waals surface area contributed by atoms with Crippen LogP contribution in [0.2, 0.25) is 0 Å². The lowest BCUT2D eigenvalue weighted by Crippen LogP contribution is -2.56. The van der Waals surface area contributed by atoms with E-state index in [-0.39, 0.29) is 13.0 Å². The molecule has 0 aromatic carbocycles. The Morgan fingerprint density at radius 3 is 2.75 bits per heavy atom. The summed E-state index contributed by atoms with van der Waals surface area (Å²) in [4.78, 5) is 18.2. The first-order valence-electron chi connectivity index (χ1n) is 6.15. The van der Waals surface area contributed by atoms with Gasteiger partial charge in [0.05, 0.1) is 24.3 Å². The van der Waals surface area contributed by atoms with Crippen molar-refractivity contribution in [2.45, 2.75) is 45.3 Å². The average molecular weight is 302 g/mol. The molecule has 0 spiro atoms. The van der Waals surface area contributed by atoms with Crippen LogP contribution >= 0.6 is 0 Å². The fraction of sp³-hybridized carbons (Fsp3) is 0.636. The standard InChI is InChI=1S/C11H18N4O4S/c1-11(2,3)14-20(18,19)15-5-8-7(12-6-13-8)4-9(15)10(16)17/h6,9,14H,4-5H2,1-3H3,(H,12,13)(H,16,17). The van der Waals surface area contributed by atoms with Crippen LogP contribution in [0, 0.1) is 0 Å². The number of aromatic amines is 1. The first-order valence-corrected chi connectivity index (χ1v) is 7.59. The van der Waals surface area contributed by atoms with Crippen LogP contribution in [0.15, 0.2) is 6.33 Å². The summed E-state index contributed by atoms with van der Waals surface area (Å²) >= 11 is 0. The molecule has 1 atom stereocenters. The van der Waals surface area contributed by atoms with E-state index in [1.165, 1.54) is 6.33 Å². The highest BCUT2D eigenvalue weighted by atomic mass is 32.2. The maximum absolute atomic E-state index is 12.4. The highest BCUT2D eigenvalue weighted by Crippen LogP contribution is 2.24. The molecule has 0 amide bonds. The van der Waals surface area contributed by atoms with Gasteiger partial charge in [0.2, 0.25) is 0 Å². The number of H-pyrrole nitrogens is 1. The molecule has 0 fully saturated rings. The Balaban J connectivity index is 2.36. The quantitative estimate of drug-likeness (QED) is 0.718. The van der Waals surface area contributed by atoms with E-state index >= 15 is 0 Å². The van der Waals surface area contributed by atoms with Gasteiger partial charge in [-0.3, -0.25) is 4.79 Å². The summed E-state index contributed by atoms with van der Waals surface area (Å²) in [6, 6.07) is -1.15. The maximum atomic E-state index is 12.4. The lowest BCUT2D eigenvalue weighted by Gasteiger charge is -2.33. The highest BCUT2D eigenvalue weighted by Gasteiger charge is 2.41. The fourth-order valence-electron chi connectivity index (χ4n) is 2.12. The van der Waals surface area contributed by atoms with Gasteiger partial charge in [0.1, 0.15) is 6.04 Å². The summed E-state index contributed by atoms with van der Waals surface area (Å²) in [6.45, 7) is 5.07. The predicted molar refractivity (Wildman–Crippen MR) is 71.1 cm³/mol. The molecule has 1 aromatic heterocycles. The second kappa shape index (κ2) is 4.83. The minimum absolute atomic E-state index is 0.0300. The third-order valence-corrected chi connectivity index (χ3v) is 4.76. The molecule has 9 heteroatoms. The molecule has 0 bridgehead atoms. The highest BCUT2D eigenvalue weighted by molar-refractivity contribution is 7.87. The SMILES string of the molecule is CC(C)(C)NS(=O)(=O)N1Cc2[nH]cnc2CC1C(=O)O. The molecule has 1 unspecified atom stereocenters. The number of nitrogens with one attached hydrogen (secondary N) is 2. The van der Waals surface area contributed by atoms with Crippen molar-refractivity contribution in [2.24, 2.45) is 0 Å². The number of carboxylic acid groups (broad SMARTS) is 1. The molecule has 1 aliphatic heterocycles. The van der Waals surface area contributed by atoms with Gasteiger partial charge in [-0.15, -0.1) is 0 Å². The molecule has 1 aliphatic rings. The largest absolute Gasteiger partial charge is 0.480 e. The summed E-state index contributed by atoms with van der Waals surface area (Å²) in [5.74, 6) is -1.18. The van der Waals surface area contributed by atoms with Crippen molar-refractivity contribution in [3.8, 4) is 0 Å². The van der Waals surface area contributed by atoms with Crippen LogP contribution in [0.5, 0.6) is 0 Å². The maximum Gasteiger partial charge on any atom is 0.322 e. The molecule has 2 rings (SSSR count). The Labute approximate surface area is 117 Å². The van der Waals surface area contributed by atoms with Gasteiger partial charge in [-0.05, 0) is 20.8 Å². The fourth-order valence-corrected chi connectivity index (χ4v) is 3.81. The first kappa shape index (κ1) is 14.9. The molecule has 0 saturated carbocycles. The van der Waals surface area contributed by atoms with Crippen LogP contribution in [0.3, 0.4) is 0 Å². The van der Waals surface area contributed by atoms with Crippen LogP contribution in [-0.4, -0.2) is 45.3 Å². The van der Waals surface area contributed by atoms with E-state index in [0.29, 0.717) is 11.4 Å². The van der Waals surface area contributed by atoms with Gasteiger partial charge >= 0.3 is 5.97 Å². The Hall–Kier alpha value is -1.45. The molecule has 20 heavy (non-hydrogen) atoms. The number of imidazole rings is 1. The first-order chi connectivity index (χ1) is 9.10. The normalized spacial score (nSPS) is 20.6. The van der Waals surface area contributed by atoms with Crippen molar-refractivity contribution >= 4 is 16.2 Å².